The number of aromatic nitrogens is 1. The first-order valence-corrected chi connectivity index (χ1v) is 11.6. The molecule has 10 heteroatoms. The fraction of sp³-hybridized carbons (Fsp3) is 0.542. The monoisotopic (exact) mass is 501 g/mol. The minimum absolute atomic E-state index is 0.0862. The van der Waals surface area contributed by atoms with Gasteiger partial charge in [-0.1, -0.05) is 17.7 Å². The average Bonchev–Trinajstić information content (AvgIpc) is 3.09. The van der Waals surface area contributed by atoms with Gasteiger partial charge >= 0.3 is 6.18 Å². The zero-order chi connectivity index (χ0) is 25.1. The van der Waals surface area contributed by atoms with Crippen molar-refractivity contribution in [3.05, 3.63) is 57.6 Å². The highest BCUT2D eigenvalue weighted by atomic mass is 35.5. The van der Waals surface area contributed by atoms with Crippen LogP contribution in [0, 0.1) is 5.82 Å². The molecule has 0 saturated carbocycles. The van der Waals surface area contributed by atoms with Crippen LogP contribution in [-0.4, -0.2) is 57.7 Å². The second-order valence-corrected chi connectivity index (χ2v) is 10.3. The van der Waals surface area contributed by atoms with Gasteiger partial charge in [0.05, 0.1) is 21.9 Å². The summed E-state index contributed by atoms with van der Waals surface area (Å²) >= 11 is 6.34. The summed E-state index contributed by atoms with van der Waals surface area (Å²) in [5, 5.41) is 10.0. The van der Waals surface area contributed by atoms with E-state index in [4.69, 9.17) is 11.6 Å². The third-order valence-electron chi connectivity index (χ3n) is 6.97. The van der Waals surface area contributed by atoms with Gasteiger partial charge in [-0.25, -0.2) is 4.39 Å². The molecule has 1 fully saturated rings. The Morgan fingerprint density at radius 3 is 2.32 bits per heavy atom. The van der Waals surface area contributed by atoms with Gasteiger partial charge in [0.2, 0.25) is 0 Å². The molecule has 186 valence electrons. The van der Waals surface area contributed by atoms with Crippen LogP contribution in [0.25, 0.3) is 0 Å². The number of aliphatic hydroxyl groups is 1. The Morgan fingerprint density at radius 2 is 1.76 bits per heavy atom. The summed E-state index contributed by atoms with van der Waals surface area (Å²) in [5.41, 5.74) is -1.57. The van der Waals surface area contributed by atoms with E-state index in [0.717, 1.165) is 6.07 Å². The van der Waals surface area contributed by atoms with E-state index in [1.807, 2.05) is 11.9 Å². The van der Waals surface area contributed by atoms with Crippen molar-refractivity contribution >= 4 is 17.5 Å². The number of likely N-dealkylation sites (N-methyl/N-ethyl adjacent to an activating group) is 1. The summed E-state index contributed by atoms with van der Waals surface area (Å²) in [4.78, 5) is 16.7. The lowest BCUT2D eigenvalue weighted by Crippen LogP contribution is -2.57. The quantitative estimate of drug-likeness (QED) is 0.621. The highest BCUT2D eigenvalue weighted by Gasteiger charge is 2.49. The number of alkyl halides is 3. The molecule has 34 heavy (non-hydrogen) atoms. The number of fused-ring (bicyclic) bond motifs is 2. The molecule has 0 bridgehead atoms. The molecule has 1 spiro atoms. The predicted molar refractivity (Wildman–Crippen MR) is 120 cm³/mol. The molecular weight excluding hydrogens is 474 g/mol. The Morgan fingerprint density at radius 1 is 1.12 bits per heavy atom. The summed E-state index contributed by atoms with van der Waals surface area (Å²) in [6.45, 7) is 4.39. The Hall–Kier alpha value is -2.10. The molecule has 5 nitrogen and oxygen atoms in total. The van der Waals surface area contributed by atoms with Crippen LogP contribution in [0.5, 0.6) is 0 Å². The van der Waals surface area contributed by atoms with Crippen molar-refractivity contribution in [1.82, 2.24) is 14.4 Å². The number of rotatable bonds is 3. The van der Waals surface area contributed by atoms with Gasteiger partial charge in [-0.2, -0.15) is 13.2 Å². The first-order chi connectivity index (χ1) is 15.7. The number of piperidine rings is 1. The third-order valence-corrected chi connectivity index (χ3v) is 7.26. The van der Waals surface area contributed by atoms with Crippen LogP contribution in [0.2, 0.25) is 5.02 Å². The van der Waals surface area contributed by atoms with Crippen LogP contribution < -0.4 is 0 Å². The molecule has 1 aromatic heterocycles. The van der Waals surface area contributed by atoms with Crippen LogP contribution in [0.1, 0.15) is 54.0 Å². The molecular formula is C24H28ClF4N3O2. The van der Waals surface area contributed by atoms with Gasteiger partial charge in [-0.15, -0.1) is 0 Å². The van der Waals surface area contributed by atoms with E-state index in [1.54, 1.807) is 24.8 Å². The highest BCUT2D eigenvalue weighted by molar-refractivity contribution is 6.31. The van der Waals surface area contributed by atoms with Crippen molar-refractivity contribution < 1.29 is 27.5 Å². The van der Waals surface area contributed by atoms with Crippen molar-refractivity contribution in [1.29, 1.82) is 0 Å². The van der Waals surface area contributed by atoms with Gasteiger partial charge in [0.1, 0.15) is 11.5 Å². The maximum atomic E-state index is 14.6. The van der Waals surface area contributed by atoms with Crippen LogP contribution in [-0.2, 0) is 24.7 Å². The Bertz CT molecular complexity index is 1100. The fourth-order valence-electron chi connectivity index (χ4n) is 5.27. The molecule has 1 saturated heterocycles. The molecule has 0 unspecified atom stereocenters. The number of carbonyl (C=O) groups is 1. The minimum atomic E-state index is -4.50. The van der Waals surface area contributed by atoms with Crippen molar-refractivity contribution in [3.63, 3.8) is 0 Å². The number of hydrogen-bond acceptors (Lipinski definition) is 3. The second kappa shape index (κ2) is 8.53. The molecule has 1 amide bonds. The number of likely N-dealkylation sites (tertiary alicyclic amines) is 1. The molecule has 4 rings (SSSR count). The number of halogens is 5. The van der Waals surface area contributed by atoms with Crippen molar-refractivity contribution in [2.24, 2.45) is 0 Å². The third kappa shape index (κ3) is 4.45. The topological polar surface area (TPSA) is 48.7 Å². The SMILES string of the molecule is CN1CCn2c(C(F)(F)F)cc(Cl)c2C12CCN(C(=O)c1ccc(CC(C)(C)O)c(F)c1)CC2. The van der Waals surface area contributed by atoms with Gasteiger partial charge in [0.25, 0.3) is 5.91 Å². The normalized spacial score (nSPS) is 18.9. The van der Waals surface area contributed by atoms with Crippen LogP contribution in [0.15, 0.2) is 24.3 Å². The first-order valence-electron chi connectivity index (χ1n) is 11.2. The van der Waals surface area contributed by atoms with Gasteiger partial charge < -0.3 is 14.6 Å². The lowest BCUT2D eigenvalue weighted by atomic mass is 9.81. The lowest BCUT2D eigenvalue weighted by molar-refractivity contribution is -0.144. The summed E-state index contributed by atoms with van der Waals surface area (Å²) < 4.78 is 56.5. The van der Waals surface area contributed by atoms with Crippen LogP contribution in [0.3, 0.4) is 0 Å². The molecule has 2 aliphatic rings. The van der Waals surface area contributed by atoms with Crippen molar-refractivity contribution in [2.45, 2.75) is 57.0 Å². The molecule has 0 atom stereocenters. The van der Waals surface area contributed by atoms with E-state index in [-0.39, 0.29) is 29.5 Å². The van der Waals surface area contributed by atoms with Gasteiger partial charge in [-0.3, -0.25) is 9.69 Å². The Labute approximate surface area is 200 Å². The zero-order valence-corrected chi connectivity index (χ0v) is 20.1. The number of amides is 1. The summed E-state index contributed by atoms with van der Waals surface area (Å²) in [6, 6.07) is 5.22. The standard InChI is InChI=1S/C24H28ClF4N3O2/c1-22(2,34)14-16-5-4-15(12-18(16)26)21(33)31-8-6-23(7-9-31)20-17(25)13-19(24(27,28)29)32(20)11-10-30(23)3/h4-5,12-13,34H,6-11,14H2,1-3H3. The van der Waals surface area contributed by atoms with E-state index in [1.165, 1.54) is 16.7 Å². The smallest absolute Gasteiger partial charge is 0.390 e. The Balaban J connectivity index is 1.55. The van der Waals surface area contributed by atoms with Crippen molar-refractivity contribution in [2.75, 3.05) is 26.7 Å². The maximum Gasteiger partial charge on any atom is 0.431 e. The number of carbonyl (C=O) groups excluding carboxylic acids is 1. The molecule has 0 aliphatic carbocycles. The molecule has 0 radical (unpaired) electrons. The summed E-state index contributed by atoms with van der Waals surface area (Å²) in [7, 11) is 1.87. The van der Waals surface area contributed by atoms with E-state index >= 15 is 0 Å². The van der Waals surface area contributed by atoms with E-state index in [0.29, 0.717) is 43.7 Å². The largest absolute Gasteiger partial charge is 0.431 e. The summed E-state index contributed by atoms with van der Waals surface area (Å²) in [6.07, 6.45) is -3.56. The second-order valence-electron chi connectivity index (χ2n) is 9.92. The lowest BCUT2D eigenvalue weighted by Gasteiger charge is -2.50. The summed E-state index contributed by atoms with van der Waals surface area (Å²) in [5.74, 6) is -0.891. The Kier molecular flexibility index (Phi) is 6.28. The first kappa shape index (κ1) is 25.0. The molecule has 2 aliphatic heterocycles. The molecule has 1 aromatic carbocycles. The average molecular weight is 502 g/mol. The number of nitrogens with zero attached hydrogens (tertiary/aromatic N) is 3. The zero-order valence-electron chi connectivity index (χ0n) is 19.3. The van der Waals surface area contributed by atoms with E-state index in [9.17, 15) is 27.5 Å². The fourth-order valence-corrected chi connectivity index (χ4v) is 5.65. The molecule has 3 heterocycles. The number of hydrogen-bond donors (Lipinski definition) is 1. The van der Waals surface area contributed by atoms with Crippen LogP contribution in [0.4, 0.5) is 17.6 Å². The van der Waals surface area contributed by atoms with Gasteiger partial charge in [0.15, 0.2) is 0 Å². The highest BCUT2D eigenvalue weighted by Crippen LogP contribution is 2.47. The van der Waals surface area contributed by atoms with Gasteiger partial charge in [0, 0.05) is 38.2 Å². The van der Waals surface area contributed by atoms with Crippen molar-refractivity contribution in [3.8, 4) is 0 Å². The van der Waals surface area contributed by atoms with Gasteiger partial charge in [-0.05, 0) is 57.5 Å². The van der Waals surface area contributed by atoms with E-state index in [2.05, 4.69) is 0 Å². The number of benzene rings is 1. The predicted octanol–water partition coefficient (Wildman–Crippen LogP) is 4.69. The molecule has 2 aromatic rings. The van der Waals surface area contributed by atoms with Crippen LogP contribution >= 0.6 is 11.6 Å². The maximum absolute atomic E-state index is 14.6. The molecule has 1 N–H and O–H groups in total. The minimum Gasteiger partial charge on any atom is -0.390 e. The van der Waals surface area contributed by atoms with E-state index < -0.39 is 28.8 Å².